The average Bonchev–Trinajstić information content (AvgIpc) is 3.34. The van der Waals surface area contributed by atoms with E-state index in [4.69, 9.17) is 14.2 Å². The molecule has 0 atom stereocenters. The van der Waals surface area contributed by atoms with Gasteiger partial charge < -0.3 is 18.9 Å². The molecule has 0 N–H and O–H groups in total. The Morgan fingerprint density at radius 1 is 0.925 bits per heavy atom. The van der Waals surface area contributed by atoms with Crippen LogP contribution in [0.3, 0.4) is 0 Å². The summed E-state index contributed by atoms with van der Waals surface area (Å²) in [4.78, 5) is 19.6. The van der Waals surface area contributed by atoms with Gasteiger partial charge in [-0.3, -0.25) is 4.98 Å². The number of ether oxygens (including phenoxy) is 4. The fourth-order valence-electron chi connectivity index (χ4n) is 4.05. The molecule has 12 nitrogen and oxygen atoms in total. The molecule has 0 saturated carbocycles. The highest BCUT2D eigenvalue weighted by Gasteiger charge is 2.33. The largest absolute Gasteiger partial charge is 0.497 e. The standard InChI is InChI=1S/C26H27N3O9S2/c1-16-13-27-22(17(2)25(16)37-5)15-39(31,32)26-28-21-12-19(35-3)8-11-23(21)29(26)40(33,34)20-9-6-18(7-10-20)38-14-24(30)36-4/h6-13H,14-15H2,1-5H3. The fraction of sp³-hybridized carbons (Fsp3) is 0.269. The van der Waals surface area contributed by atoms with Crippen LogP contribution in [0.4, 0.5) is 0 Å². The summed E-state index contributed by atoms with van der Waals surface area (Å²) in [6.07, 6.45) is 1.49. The van der Waals surface area contributed by atoms with Crippen molar-refractivity contribution in [3.8, 4) is 17.2 Å². The highest BCUT2D eigenvalue weighted by atomic mass is 32.2. The summed E-state index contributed by atoms with van der Waals surface area (Å²) in [5.74, 6) is -0.159. The van der Waals surface area contributed by atoms with E-state index in [2.05, 4.69) is 14.7 Å². The summed E-state index contributed by atoms with van der Waals surface area (Å²) in [5, 5.41) is -0.678. The van der Waals surface area contributed by atoms with Gasteiger partial charge in [0.1, 0.15) is 23.0 Å². The van der Waals surface area contributed by atoms with E-state index in [1.807, 2.05) is 0 Å². The number of esters is 1. The van der Waals surface area contributed by atoms with Crippen LogP contribution in [0.2, 0.25) is 0 Å². The summed E-state index contributed by atoms with van der Waals surface area (Å²) < 4.78 is 76.4. The number of fused-ring (bicyclic) bond motifs is 1. The Morgan fingerprint density at radius 3 is 2.23 bits per heavy atom. The van der Waals surface area contributed by atoms with Crippen molar-refractivity contribution in [1.29, 1.82) is 0 Å². The van der Waals surface area contributed by atoms with Gasteiger partial charge in [0.15, 0.2) is 6.61 Å². The van der Waals surface area contributed by atoms with Crippen molar-refractivity contribution in [3.63, 3.8) is 0 Å². The Hall–Kier alpha value is -4.17. The summed E-state index contributed by atoms with van der Waals surface area (Å²) in [7, 11) is -4.75. The van der Waals surface area contributed by atoms with Crippen LogP contribution in [0.15, 0.2) is 58.7 Å². The van der Waals surface area contributed by atoms with E-state index in [9.17, 15) is 21.6 Å². The van der Waals surface area contributed by atoms with Crippen molar-refractivity contribution in [3.05, 3.63) is 65.5 Å². The zero-order valence-corrected chi connectivity index (χ0v) is 24.0. The smallest absolute Gasteiger partial charge is 0.343 e. The minimum Gasteiger partial charge on any atom is -0.497 e. The zero-order valence-electron chi connectivity index (χ0n) is 22.4. The molecule has 2 aromatic heterocycles. The number of pyridine rings is 1. The van der Waals surface area contributed by atoms with Gasteiger partial charge in [-0.05, 0) is 50.2 Å². The quantitative estimate of drug-likeness (QED) is 0.251. The number of hydrogen-bond donors (Lipinski definition) is 0. The second-order valence-electron chi connectivity index (χ2n) is 8.66. The first-order valence-electron chi connectivity index (χ1n) is 11.8. The van der Waals surface area contributed by atoms with Gasteiger partial charge in [-0.1, -0.05) is 0 Å². The van der Waals surface area contributed by atoms with Gasteiger partial charge in [-0.2, -0.15) is 0 Å². The lowest BCUT2D eigenvalue weighted by Crippen LogP contribution is -2.21. The van der Waals surface area contributed by atoms with Crippen molar-refractivity contribution >= 4 is 36.9 Å². The molecule has 212 valence electrons. The number of carbonyl (C=O) groups is 1. The van der Waals surface area contributed by atoms with Gasteiger partial charge in [0.25, 0.3) is 10.0 Å². The monoisotopic (exact) mass is 589 g/mol. The second kappa shape index (κ2) is 11.1. The molecule has 0 radical (unpaired) electrons. The molecule has 0 saturated heterocycles. The number of methoxy groups -OCH3 is 3. The van der Waals surface area contributed by atoms with Crippen molar-refractivity contribution in [2.45, 2.75) is 29.7 Å². The lowest BCUT2D eigenvalue weighted by Gasteiger charge is -2.14. The van der Waals surface area contributed by atoms with Crippen LogP contribution in [0.5, 0.6) is 17.2 Å². The molecule has 4 aromatic rings. The number of rotatable bonds is 10. The van der Waals surface area contributed by atoms with E-state index in [0.29, 0.717) is 21.0 Å². The maximum absolute atomic E-state index is 13.9. The van der Waals surface area contributed by atoms with Crippen LogP contribution in [-0.2, 0) is 35.1 Å². The number of aromatic nitrogens is 3. The first-order chi connectivity index (χ1) is 18.9. The number of aryl methyl sites for hydroxylation is 1. The molecule has 40 heavy (non-hydrogen) atoms. The minimum atomic E-state index is -4.49. The number of benzene rings is 2. The molecule has 2 aromatic carbocycles. The fourth-order valence-corrected chi connectivity index (χ4v) is 7.40. The molecule has 4 rings (SSSR count). The predicted molar refractivity (Wildman–Crippen MR) is 144 cm³/mol. The van der Waals surface area contributed by atoms with Gasteiger partial charge >= 0.3 is 5.97 Å². The SMILES string of the molecule is COC(=O)COc1ccc(S(=O)(=O)n2c(S(=O)(=O)Cc3ncc(C)c(OC)c3C)nc3cc(OC)ccc32)cc1. The van der Waals surface area contributed by atoms with E-state index in [1.165, 1.54) is 70.0 Å². The molecule has 0 unspecified atom stereocenters. The Kier molecular flexibility index (Phi) is 8.03. The lowest BCUT2D eigenvalue weighted by atomic mass is 10.1. The summed E-state index contributed by atoms with van der Waals surface area (Å²) in [6, 6.07) is 9.55. The Morgan fingerprint density at radius 2 is 1.60 bits per heavy atom. The molecule has 0 aliphatic carbocycles. The maximum atomic E-state index is 13.9. The van der Waals surface area contributed by atoms with Crippen LogP contribution in [0, 0.1) is 13.8 Å². The summed E-state index contributed by atoms with van der Waals surface area (Å²) >= 11 is 0. The molecule has 0 spiro atoms. The van der Waals surface area contributed by atoms with Gasteiger partial charge in [0.2, 0.25) is 15.0 Å². The maximum Gasteiger partial charge on any atom is 0.343 e. The van der Waals surface area contributed by atoms with E-state index in [0.717, 1.165) is 5.56 Å². The molecular weight excluding hydrogens is 562 g/mol. The number of nitrogens with zero attached hydrogens (tertiary/aromatic N) is 3. The minimum absolute atomic E-state index is 0.0385. The third-order valence-corrected chi connectivity index (χ3v) is 9.41. The van der Waals surface area contributed by atoms with E-state index in [1.54, 1.807) is 13.8 Å². The second-order valence-corrected chi connectivity index (χ2v) is 12.3. The lowest BCUT2D eigenvalue weighted by molar-refractivity contribution is -0.142. The summed E-state index contributed by atoms with van der Waals surface area (Å²) in [5.41, 5.74) is 1.58. The summed E-state index contributed by atoms with van der Waals surface area (Å²) in [6.45, 7) is 3.09. The normalized spacial score (nSPS) is 11.8. The average molecular weight is 590 g/mol. The van der Waals surface area contributed by atoms with Gasteiger partial charge in [0.05, 0.1) is 43.0 Å². The van der Waals surface area contributed by atoms with Crippen LogP contribution in [0.25, 0.3) is 11.0 Å². The molecular formula is C26H27N3O9S2. The van der Waals surface area contributed by atoms with Crippen LogP contribution in [-0.4, -0.2) is 64.7 Å². The number of imidazole rings is 1. The van der Waals surface area contributed by atoms with E-state index in [-0.39, 0.29) is 34.0 Å². The molecule has 0 amide bonds. The molecule has 2 heterocycles. The topological polar surface area (TPSA) is 153 Å². The van der Waals surface area contributed by atoms with Crippen molar-refractivity contribution < 1.29 is 40.6 Å². The third kappa shape index (κ3) is 5.45. The number of sulfone groups is 1. The molecule has 0 bridgehead atoms. The number of hydrogen-bond acceptors (Lipinski definition) is 11. The van der Waals surface area contributed by atoms with Crippen molar-refractivity contribution in [2.75, 3.05) is 27.9 Å². The van der Waals surface area contributed by atoms with Crippen LogP contribution >= 0.6 is 0 Å². The van der Waals surface area contributed by atoms with Crippen LogP contribution < -0.4 is 14.2 Å². The van der Waals surface area contributed by atoms with Gasteiger partial charge in [-0.15, -0.1) is 0 Å². The first-order valence-corrected chi connectivity index (χ1v) is 14.9. The Labute approximate surface area is 231 Å². The van der Waals surface area contributed by atoms with Gasteiger partial charge in [-0.25, -0.2) is 30.6 Å². The highest BCUT2D eigenvalue weighted by molar-refractivity contribution is 7.93. The number of carbonyl (C=O) groups excluding carboxylic acids is 1. The third-order valence-electron chi connectivity index (χ3n) is 6.09. The van der Waals surface area contributed by atoms with Gasteiger partial charge in [0, 0.05) is 23.4 Å². The molecule has 0 aliphatic rings. The molecule has 0 aliphatic heterocycles. The highest BCUT2D eigenvalue weighted by Crippen LogP contribution is 2.32. The first kappa shape index (κ1) is 28.8. The Bertz CT molecular complexity index is 1800. The Balaban J connectivity index is 1.84. The predicted octanol–water partition coefficient (Wildman–Crippen LogP) is 2.83. The van der Waals surface area contributed by atoms with Crippen molar-refractivity contribution in [1.82, 2.24) is 13.9 Å². The van der Waals surface area contributed by atoms with E-state index < -0.39 is 36.7 Å². The zero-order chi connectivity index (χ0) is 29.2. The van der Waals surface area contributed by atoms with Crippen molar-refractivity contribution in [2.24, 2.45) is 0 Å². The molecule has 14 heteroatoms. The molecule has 0 fully saturated rings. The van der Waals surface area contributed by atoms with Crippen LogP contribution in [0.1, 0.15) is 16.8 Å². The van der Waals surface area contributed by atoms with E-state index >= 15 is 0 Å².